The second-order valence-corrected chi connectivity index (χ2v) is 3.00. The lowest BCUT2D eigenvalue weighted by Crippen LogP contribution is -1.83. The van der Waals surface area contributed by atoms with Crippen molar-refractivity contribution in [3.63, 3.8) is 0 Å². The van der Waals surface area contributed by atoms with Crippen molar-refractivity contribution >= 4 is 6.29 Å². The highest BCUT2D eigenvalue weighted by Gasteiger charge is 2.03. The van der Waals surface area contributed by atoms with Gasteiger partial charge in [0.2, 0.25) is 0 Å². The molecule has 0 spiro atoms. The maximum atomic E-state index is 10.4. The molecule has 3 N–H and O–H groups in total. The molecule has 0 unspecified atom stereocenters. The first-order valence-corrected chi connectivity index (χ1v) is 4.27. The Kier molecular flexibility index (Phi) is 2.20. The molecule has 0 aliphatic rings. The van der Waals surface area contributed by atoms with Crippen LogP contribution in [0.1, 0.15) is 16.2 Å². The van der Waals surface area contributed by atoms with Crippen LogP contribution in [-0.4, -0.2) is 21.4 Å². The number of aldehydes is 1. The van der Waals surface area contributed by atoms with Crippen molar-refractivity contribution in [1.29, 1.82) is 0 Å². The Morgan fingerprint density at radius 3 is 2.43 bits per heavy atom. The van der Waals surface area contributed by atoms with Crippen LogP contribution in [0.3, 0.4) is 0 Å². The third kappa shape index (κ3) is 1.47. The summed E-state index contributed by atoms with van der Waals surface area (Å²) in [5, 5.41) is 8.85. The van der Waals surface area contributed by atoms with Crippen molar-refractivity contribution < 1.29 is 9.90 Å². The summed E-state index contributed by atoms with van der Waals surface area (Å²) >= 11 is 0. The number of carbonyl (C=O) groups excluding carboxylic acids is 1. The molecular weight excluding hydrogens is 180 g/mol. The third-order valence-electron chi connectivity index (χ3n) is 2.04. The highest BCUT2D eigenvalue weighted by molar-refractivity contribution is 5.74. The first-order valence-electron chi connectivity index (χ1n) is 4.27. The summed E-state index contributed by atoms with van der Waals surface area (Å²) in [6.07, 6.45) is 0.763. The van der Waals surface area contributed by atoms with E-state index in [0.29, 0.717) is 5.69 Å². The first kappa shape index (κ1) is 8.77. The molecule has 2 aromatic heterocycles. The Bertz CT molecular complexity index is 442. The highest BCUT2D eigenvalue weighted by Crippen LogP contribution is 2.17. The molecule has 0 fully saturated rings. The molecule has 2 rings (SSSR count). The number of carbonyl (C=O) groups is 1. The topological polar surface area (TPSA) is 68.9 Å². The summed E-state index contributed by atoms with van der Waals surface area (Å²) in [5.41, 5.74) is 3.00. The summed E-state index contributed by atoms with van der Waals surface area (Å²) < 4.78 is 0. The van der Waals surface area contributed by atoms with Crippen LogP contribution in [0.25, 0.3) is 11.4 Å². The van der Waals surface area contributed by atoms with Gasteiger partial charge in [0.15, 0.2) is 6.29 Å². The van der Waals surface area contributed by atoms with Gasteiger partial charge in [-0.2, -0.15) is 0 Å². The van der Waals surface area contributed by atoms with Crippen LogP contribution in [0.4, 0.5) is 0 Å². The Balaban J connectivity index is 2.33. The molecule has 0 amide bonds. The lowest BCUT2D eigenvalue weighted by atomic mass is 10.3. The van der Waals surface area contributed by atoms with E-state index in [9.17, 15) is 4.79 Å². The second kappa shape index (κ2) is 3.51. The van der Waals surface area contributed by atoms with Crippen LogP contribution in [0, 0.1) is 0 Å². The molecule has 0 bridgehead atoms. The zero-order valence-corrected chi connectivity index (χ0v) is 7.45. The van der Waals surface area contributed by atoms with E-state index in [4.69, 9.17) is 5.11 Å². The Labute approximate surface area is 80.6 Å². The monoisotopic (exact) mass is 190 g/mol. The molecule has 0 aliphatic heterocycles. The average molecular weight is 190 g/mol. The minimum Gasteiger partial charge on any atom is -0.390 e. The smallest absolute Gasteiger partial charge is 0.166 e. The standard InChI is InChI=1S/C10H10N2O2/c13-5-7-1-3-9(11-7)10-4-2-8(6-14)12-10/h1-5,11-12,14H,6H2. The number of H-pyrrole nitrogens is 2. The molecule has 4 heteroatoms. The number of aliphatic hydroxyl groups excluding tert-OH is 1. The molecule has 0 aliphatic carbocycles. The average Bonchev–Trinajstić information content (AvgIpc) is 2.86. The van der Waals surface area contributed by atoms with Gasteiger partial charge in [-0.1, -0.05) is 0 Å². The zero-order valence-electron chi connectivity index (χ0n) is 7.45. The lowest BCUT2D eigenvalue weighted by molar-refractivity contribution is 0.111. The van der Waals surface area contributed by atoms with Gasteiger partial charge in [-0.3, -0.25) is 4.79 Å². The predicted molar refractivity (Wildman–Crippen MR) is 51.9 cm³/mol. The molecule has 0 saturated carbocycles. The molecule has 0 saturated heterocycles. The van der Waals surface area contributed by atoms with E-state index in [2.05, 4.69) is 9.97 Å². The van der Waals surface area contributed by atoms with Gasteiger partial charge in [0.25, 0.3) is 0 Å². The van der Waals surface area contributed by atoms with Crippen molar-refractivity contribution in [2.24, 2.45) is 0 Å². The largest absolute Gasteiger partial charge is 0.390 e. The fraction of sp³-hybridized carbons (Fsp3) is 0.100. The molecular formula is C10H10N2O2. The van der Waals surface area contributed by atoms with Crippen LogP contribution in [0.15, 0.2) is 24.3 Å². The Morgan fingerprint density at radius 2 is 1.86 bits per heavy atom. The number of aromatic nitrogens is 2. The van der Waals surface area contributed by atoms with Gasteiger partial charge in [-0.25, -0.2) is 0 Å². The summed E-state index contributed by atoms with van der Waals surface area (Å²) in [6, 6.07) is 7.18. The molecule has 2 heterocycles. The van der Waals surface area contributed by atoms with Gasteiger partial charge in [-0.15, -0.1) is 0 Å². The van der Waals surface area contributed by atoms with E-state index in [-0.39, 0.29) is 6.61 Å². The first-order chi connectivity index (χ1) is 6.83. The Morgan fingerprint density at radius 1 is 1.14 bits per heavy atom. The van der Waals surface area contributed by atoms with Gasteiger partial charge >= 0.3 is 0 Å². The van der Waals surface area contributed by atoms with Gasteiger partial charge in [-0.05, 0) is 24.3 Å². The van der Waals surface area contributed by atoms with E-state index in [0.717, 1.165) is 23.4 Å². The van der Waals surface area contributed by atoms with Gasteiger partial charge in [0.05, 0.1) is 23.7 Å². The summed E-state index contributed by atoms with van der Waals surface area (Å²) in [6.45, 7) is -0.0127. The lowest BCUT2D eigenvalue weighted by Gasteiger charge is -1.92. The van der Waals surface area contributed by atoms with E-state index in [1.165, 1.54) is 0 Å². The molecule has 0 atom stereocenters. The van der Waals surface area contributed by atoms with Crippen molar-refractivity contribution in [2.45, 2.75) is 6.61 Å². The maximum Gasteiger partial charge on any atom is 0.166 e. The molecule has 0 radical (unpaired) electrons. The SMILES string of the molecule is O=Cc1ccc(-c2ccc(CO)[nH]2)[nH]1. The van der Waals surface area contributed by atoms with Crippen LogP contribution >= 0.6 is 0 Å². The quantitative estimate of drug-likeness (QED) is 0.639. The van der Waals surface area contributed by atoms with Gasteiger partial charge in [0, 0.05) is 5.69 Å². The minimum atomic E-state index is -0.0127. The maximum absolute atomic E-state index is 10.4. The van der Waals surface area contributed by atoms with Gasteiger partial charge < -0.3 is 15.1 Å². The predicted octanol–water partition coefficient (Wildman–Crippen LogP) is 1.31. The molecule has 72 valence electrons. The van der Waals surface area contributed by atoms with Crippen LogP contribution < -0.4 is 0 Å². The summed E-state index contributed by atoms with van der Waals surface area (Å²) in [7, 11) is 0. The summed E-state index contributed by atoms with van der Waals surface area (Å²) in [4.78, 5) is 16.4. The van der Waals surface area contributed by atoms with Crippen molar-refractivity contribution in [1.82, 2.24) is 9.97 Å². The minimum absolute atomic E-state index is 0.0127. The number of hydrogen-bond donors (Lipinski definition) is 3. The van der Waals surface area contributed by atoms with Gasteiger partial charge in [0.1, 0.15) is 0 Å². The van der Waals surface area contributed by atoms with Crippen LogP contribution in [0.5, 0.6) is 0 Å². The number of aliphatic hydroxyl groups is 1. The Hall–Kier alpha value is -1.81. The van der Waals surface area contributed by atoms with E-state index < -0.39 is 0 Å². The number of nitrogens with one attached hydrogen (secondary N) is 2. The highest BCUT2D eigenvalue weighted by atomic mass is 16.3. The van der Waals surface area contributed by atoms with E-state index >= 15 is 0 Å². The van der Waals surface area contributed by atoms with Crippen LogP contribution in [0.2, 0.25) is 0 Å². The van der Waals surface area contributed by atoms with E-state index in [1.807, 2.05) is 12.1 Å². The molecule has 14 heavy (non-hydrogen) atoms. The van der Waals surface area contributed by atoms with Crippen molar-refractivity contribution in [3.05, 3.63) is 35.7 Å². The molecule has 2 aromatic rings. The van der Waals surface area contributed by atoms with E-state index in [1.54, 1.807) is 12.1 Å². The molecule has 4 nitrogen and oxygen atoms in total. The van der Waals surface area contributed by atoms with Crippen molar-refractivity contribution in [2.75, 3.05) is 0 Å². The van der Waals surface area contributed by atoms with Crippen molar-refractivity contribution in [3.8, 4) is 11.4 Å². The molecule has 0 aromatic carbocycles. The fourth-order valence-corrected chi connectivity index (χ4v) is 1.33. The number of hydrogen-bond acceptors (Lipinski definition) is 2. The van der Waals surface area contributed by atoms with Crippen LogP contribution in [-0.2, 0) is 6.61 Å². The number of aromatic amines is 2. The second-order valence-electron chi connectivity index (χ2n) is 3.00. The number of rotatable bonds is 3. The normalized spacial score (nSPS) is 10.4. The third-order valence-corrected chi connectivity index (χ3v) is 2.04. The fourth-order valence-electron chi connectivity index (χ4n) is 1.33. The zero-order chi connectivity index (χ0) is 9.97. The summed E-state index contributed by atoms with van der Waals surface area (Å²) in [5.74, 6) is 0.